The number of amides is 1. The van der Waals surface area contributed by atoms with Crippen LogP contribution >= 0.6 is 23.1 Å². The largest absolute Gasteiger partial charge is 0.368 e. The van der Waals surface area contributed by atoms with Crippen LogP contribution in [0.3, 0.4) is 0 Å². The first-order valence-corrected chi connectivity index (χ1v) is 8.72. The SMILES string of the molecule is NC(=O)C1(NC2CC2)CCCC(Sc2cccs2)C1. The molecule has 0 spiro atoms. The van der Waals surface area contributed by atoms with Crippen LogP contribution in [0.2, 0.25) is 0 Å². The molecule has 5 heteroatoms. The Balaban J connectivity index is 1.68. The Morgan fingerprint density at radius 3 is 2.95 bits per heavy atom. The first kappa shape index (κ1) is 13.5. The number of nitrogens with one attached hydrogen (secondary N) is 1. The van der Waals surface area contributed by atoms with E-state index < -0.39 is 5.54 Å². The number of primary amides is 1. The van der Waals surface area contributed by atoms with E-state index in [0.717, 1.165) is 19.3 Å². The molecular weight excluding hydrogens is 276 g/mol. The van der Waals surface area contributed by atoms with Crippen molar-refractivity contribution in [3.63, 3.8) is 0 Å². The first-order chi connectivity index (χ1) is 9.18. The molecule has 1 aromatic rings. The van der Waals surface area contributed by atoms with E-state index in [-0.39, 0.29) is 5.91 Å². The molecule has 0 saturated heterocycles. The predicted molar refractivity (Wildman–Crippen MR) is 80.5 cm³/mol. The standard InChI is InChI=1S/C14H20N2OS2/c15-13(17)14(16-10-5-6-10)7-1-3-11(9-14)19-12-4-2-8-18-12/h2,4,8,10-11,16H,1,3,5-7,9H2,(H2,15,17). The third-order valence-electron chi connectivity index (χ3n) is 4.01. The van der Waals surface area contributed by atoms with Crippen molar-refractivity contribution >= 4 is 29.0 Å². The van der Waals surface area contributed by atoms with E-state index in [1.54, 1.807) is 11.3 Å². The van der Waals surface area contributed by atoms with Crippen molar-refractivity contribution in [3.8, 4) is 0 Å². The van der Waals surface area contributed by atoms with Crippen molar-refractivity contribution in [2.45, 2.75) is 59.6 Å². The second-order valence-electron chi connectivity index (χ2n) is 5.63. The summed E-state index contributed by atoms with van der Waals surface area (Å²) in [6, 6.07) is 4.77. The van der Waals surface area contributed by atoms with Gasteiger partial charge in [-0.25, -0.2) is 0 Å². The summed E-state index contributed by atoms with van der Waals surface area (Å²) in [4.78, 5) is 11.9. The quantitative estimate of drug-likeness (QED) is 0.878. The van der Waals surface area contributed by atoms with E-state index in [0.29, 0.717) is 11.3 Å². The van der Waals surface area contributed by atoms with Gasteiger partial charge in [-0.1, -0.05) is 6.07 Å². The molecule has 2 saturated carbocycles. The van der Waals surface area contributed by atoms with Crippen LogP contribution in [0.15, 0.2) is 21.7 Å². The molecule has 104 valence electrons. The van der Waals surface area contributed by atoms with E-state index in [2.05, 4.69) is 22.8 Å². The monoisotopic (exact) mass is 296 g/mol. The van der Waals surface area contributed by atoms with Crippen molar-refractivity contribution in [2.24, 2.45) is 5.73 Å². The Labute approximate surface area is 122 Å². The van der Waals surface area contributed by atoms with Gasteiger partial charge in [0.15, 0.2) is 0 Å². The van der Waals surface area contributed by atoms with Gasteiger partial charge >= 0.3 is 0 Å². The van der Waals surface area contributed by atoms with Crippen LogP contribution in [0.5, 0.6) is 0 Å². The maximum Gasteiger partial charge on any atom is 0.237 e. The van der Waals surface area contributed by atoms with E-state index in [1.807, 2.05) is 11.8 Å². The molecule has 3 N–H and O–H groups in total. The van der Waals surface area contributed by atoms with Crippen LogP contribution in [0, 0.1) is 0 Å². The van der Waals surface area contributed by atoms with Crippen LogP contribution in [0.1, 0.15) is 38.5 Å². The Bertz CT molecular complexity index is 444. The van der Waals surface area contributed by atoms with Crippen molar-refractivity contribution in [3.05, 3.63) is 17.5 Å². The fourth-order valence-electron chi connectivity index (χ4n) is 2.86. The van der Waals surface area contributed by atoms with E-state index >= 15 is 0 Å². The summed E-state index contributed by atoms with van der Waals surface area (Å²) in [5, 5.41) is 6.14. The molecule has 1 heterocycles. The minimum Gasteiger partial charge on any atom is -0.368 e. The highest BCUT2D eigenvalue weighted by atomic mass is 32.2. The van der Waals surface area contributed by atoms with E-state index in [4.69, 9.17) is 5.73 Å². The lowest BCUT2D eigenvalue weighted by molar-refractivity contribution is -0.125. The molecule has 2 aliphatic carbocycles. The van der Waals surface area contributed by atoms with Crippen LogP contribution in [0.4, 0.5) is 0 Å². The average Bonchev–Trinajstić information content (AvgIpc) is 3.03. The maximum absolute atomic E-state index is 11.9. The van der Waals surface area contributed by atoms with Crippen LogP contribution in [0.25, 0.3) is 0 Å². The summed E-state index contributed by atoms with van der Waals surface area (Å²) in [5.74, 6) is -0.157. The zero-order valence-electron chi connectivity index (χ0n) is 10.9. The lowest BCUT2D eigenvalue weighted by Crippen LogP contribution is -2.59. The fraction of sp³-hybridized carbons (Fsp3) is 0.643. The maximum atomic E-state index is 11.9. The highest BCUT2D eigenvalue weighted by Gasteiger charge is 2.44. The van der Waals surface area contributed by atoms with Gasteiger partial charge < -0.3 is 11.1 Å². The summed E-state index contributed by atoms with van der Waals surface area (Å²) in [6.07, 6.45) is 6.44. The van der Waals surface area contributed by atoms with Gasteiger partial charge in [0.1, 0.15) is 0 Å². The lowest BCUT2D eigenvalue weighted by atomic mass is 9.80. The van der Waals surface area contributed by atoms with Gasteiger partial charge in [-0.15, -0.1) is 23.1 Å². The van der Waals surface area contributed by atoms with Gasteiger partial charge in [-0.05, 0) is 50.0 Å². The van der Waals surface area contributed by atoms with Crippen LogP contribution in [-0.2, 0) is 4.79 Å². The molecular formula is C14H20N2OS2. The smallest absolute Gasteiger partial charge is 0.237 e. The second-order valence-corrected chi connectivity index (χ2v) is 8.18. The number of rotatable bonds is 5. The number of thioether (sulfide) groups is 1. The van der Waals surface area contributed by atoms with Crippen molar-refractivity contribution in [1.82, 2.24) is 5.32 Å². The molecule has 0 aliphatic heterocycles. The third kappa shape index (κ3) is 3.15. The van der Waals surface area contributed by atoms with Crippen molar-refractivity contribution < 1.29 is 4.79 Å². The molecule has 1 aromatic heterocycles. The number of carbonyl (C=O) groups is 1. The summed E-state index contributed by atoms with van der Waals surface area (Å²) in [7, 11) is 0. The minimum absolute atomic E-state index is 0.157. The molecule has 19 heavy (non-hydrogen) atoms. The minimum atomic E-state index is -0.450. The molecule has 0 bridgehead atoms. The zero-order chi connectivity index (χ0) is 13.3. The number of nitrogens with two attached hydrogens (primary N) is 1. The number of carbonyl (C=O) groups excluding carboxylic acids is 1. The first-order valence-electron chi connectivity index (χ1n) is 6.96. The molecule has 2 unspecified atom stereocenters. The second kappa shape index (κ2) is 5.46. The summed E-state index contributed by atoms with van der Waals surface area (Å²) < 4.78 is 1.34. The molecule has 0 aromatic carbocycles. The molecule has 3 rings (SSSR count). The van der Waals surface area contributed by atoms with Gasteiger partial charge in [0.05, 0.1) is 9.75 Å². The van der Waals surface area contributed by atoms with E-state index in [1.165, 1.54) is 23.5 Å². The van der Waals surface area contributed by atoms with Crippen molar-refractivity contribution in [2.75, 3.05) is 0 Å². The van der Waals surface area contributed by atoms with Crippen molar-refractivity contribution in [1.29, 1.82) is 0 Å². The lowest BCUT2D eigenvalue weighted by Gasteiger charge is -2.39. The van der Waals surface area contributed by atoms with E-state index in [9.17, 15) is 4.79 Å². The Morgan fingerprint density at radius 2 is 2.32 bits per heavy atom. The average molecular weight is 296 g/mol. The van der Waals surface area contributed by atoms with Gasteiger partial charge in [-0.3, -0.25) is 4.79 Å². The topological polar surface area (TPSA) is 55.1 Å². The summed E-state index contributed by atoms with van der Waals surface area (Å²) in [6.45, 7) is 0. The van der Waals surface area contributed by atoms with Crippen LogP contribution in [-0.4, -0.2) is 22.7 Å². The third-order valence-corrected chi connectivity index (χ3v) is 6.36. The predicted octanol–water partition coefficient (Wildman–Crippen LogP) is 2.76. The number of thiophene rings is 1. The molecule has 2 atom stereocenters. The Morgan fingerprint density at radius 1 is 1.47 bits per heavy atom. The molecule has 3 nitrogen and oxygen atoms in total. The molecule has 2 fully saturated rings. The number of hydrogen-bond acceptors (Lipinski definition) is 4. The normalized spacial score (nSPS) is 31.3. The van der Waals surface area contributed by atoms with Gasteiger partial charge in [0.25, 0.3) is 0 Å². The zero-order valence-corrected chi connectivity index (χ0v) is 12.6. The molecule has 2 aliphatic rings. The van der Waals surface area contributed by atoms with Gasteiger partial charge in [-0.2, -0.15) is 0 Å². The summed E-state index contributed by atoms with van der Waals surface area (Å²) >= 11 is 3.69. The number of hydrogen-bond donors (Lipinski definition) is 2. The fourth-order valence-corrected chi connectivity index (χ4v) is 5.25. The highest BCUT2D eigenvalue weighted by Crippen LogP contribution is 2.41. The van der Waals surface area contributed by atoms with Gasteiger partial charge in [0, 0.05) is 11.3 Å². The molecule has 0 radical (unpaired) electrons. The van der Waals surface area contributed by atoms with Crippen LogP contribution < -0.4 is 11.1 Å². The Kier molecular flexibility index (Phi) is 3.87. The molecule has 1 amide bonds. The van der Waals surface area contributed by atoms with Gasteiger partial charge in [0.2, 0.25) is 5.91 Å². The Hall–Kier alpha value is -0.520. The highest BCUT2D eigenvalue weighted by molar-refractivity contribution is 8.01. The summed E-state index contributed by atoms with van der Waals surface area (Å²) in [5.41, 5.74) is 5.26.